The summed E-state index contributed by atoms with van der Waals surface area (Å²) < 4.78 is 37.6. The summed E-state index contributed by atoms with van der Waals surface area (Å²) in [4.78, 5) is 29.1. The Labute approximate surface area is 193 Å². The monoisotopic (exact) mass is 476 g/mol. The Bertz CT molecular complexity index is 1070. The molecule has 2 fully saturated rings. The lowest BCUT2D eigenvalue weighted by Gasteiger charge is -2.37. The topological polar surface area (TPSA) is 112 Å². The average molecular weight is 477 g/mol. The molecule has 2 saturated heterocycles. The first-order valence-electron chi connectivity index (χ1n) is 10.9. The molecule has 0 aliphatic carbocycles. The Kier molecular flexibility index (Phi) is 7.13. The van der Waals surface area contributed by atoms with Gasteiger partial charge >= 0.3 is 0 Å². The van der Waals surface area contributed by atoms with Crippen molar-refractivity contribution in [2.45, 2.75) is 17.9 Å². The van der Waals surface area contributed by atoms with Crippen molar-refractivity contribution in [2.24, 2.45) is 0 Å². The standard InChI is InChI=1S/C22H28N4O6S/c1-17(24-7-9-25(10-8-24)22(28)20-6-3-13-32-20)21(27)23-18-4-2-5-19(16-18)33(29,30)26-11-14-31-15-12-26/h2-6,13,16-17H,7-12,14-15H2,1H3,(H,23,27)/t17-/m0/s1. The lowest BCUT2D eigenvalue weighted by molar-refractivity contribution is -0.121. The molecule has 0 spiro atoms. The number of morpholine rings is 1. The van der Waals surface area contributed by atoms with Crippen molar-refractivity contribution in [1.82, 2.24) is 14.1 Å². The molecular formula is C22H28N4O6S. The van der Waals surface area contributed by atoms with Gasteiger partial charge in [0.2, 0.25) is 15.9 Å². The number of amides is 2. The molecule has 1 aromatic heterocycles. The van der Waals surface area contributed by atoms with Crippen molar-refractivity contribution in [3.05, 3.63) is 48.4 Å². The Morgan fingerprint density at radius 1 is 1.00 bits per heavy atom. The van der Waals surface area contributed by atoms with Crippen molar-refractivity contribution in [3.8, 4) is 0 Å². The minimum atomic E-state index is -3.65. The van der Waals surface area contributed by atoms with Crippen LogP contribution >= 0.6 is 0 Å². The average Bonchev–Trinajstić information content (AvgIpc) is 3.39. The van der Waals surface area contributed by atoms with Gasteiger partial charge in [-0.05, 0) is 37.3 Å². The molecule has 10 nitrogen and oxygen atoms in total. The molecular weight excluding hydrogens is 448 g/mol. The van der Waals surface area contributed by atoms with Gasteiger partial charge in [-0.15, -0.1) is 0 Å². The van der Waals surface area contributed by atoms with Gasteiger partial charge < -0.3 is 19.4 Å². The molecule has 1 aromatic carbocycles. The minimum Gasteiger partial charge on any atom is -0.459 e. The zero-order valence-electron chi connectivity index (χ0n) is 18.5. The van der Waals surface area contributed by atoms with Crippen LogP contribution in [0.15, 0.2) is 52.0 Å². The van der Waals surface area contributed by atoms with Crippen molar-refractivity contribution in [2.75, 3.05) is 57.8 Å². The van der Waals surface area contributed by atoms with Gasteiger partial charge in [-0.1, -0.05) is 6.07 Å². The molecule has 0 unspecified atom stereocenters. The zero-order chi connectivity index (χ0) is 23.4. The van der Waals surface area contributed by atoms with E-state index in [0.717, 1.165) is 0 Å². The predicted molar refractivity (Wildman–Crippen MR) is 120 cm³/mol. The third-order valence-electron chi connectivity index (χ3n) is 5.97. The number of rotatable bonds is 6. The molecule has 11 heteroatoms. The van der Waals surface area contributed by atoms with Gasteiger partial charge in [-0.2, -0.15) is 4.31 Å². The Hall–Kier alpha value is -2.73. The van der Waals surface area contributed by atoms with E-state index in [-0.39, 0.29) is 16.7 Å². The molecule has 2 aliphatic rings. The van der Waals surface area contributed by atoms with Crippen molar-refractivity contribution in [1.29, 1.82) is 0 Å². The van der Waals surface area contributed by atoms with Crippen molar-refractivity contribution in [3.63, 3.8) is 0 Å². The highest BCUT2D eigenvalue weighted by Crippen LogP contribution is 2.21. The Morgan fingerprint density at radius 3 is 2.39 bits per heavy atom. The van der Waals surface area contributed by atoms with Crippen LogP contribution in [-0.2, 0) is 19.6 Å². The number of carbonyl (C=O) groups is 2. The van der Waals surface area contributed by atoms with Gasteiger partial charge in [0.15, 0.2) is 5.76 Å². The molecule has 2 aromatic rings. The number of hydrogen-bond donors (Lipinski definition) is 1. The summed E-state index contributed by atoms with van der Waals surface area (Å²) >= 11 is 0. The summed E-state index contributed by atoms with van der Waals surface area (Å²) in [7, 11) is -3.65. The van der Waals surface area contributed by atoms with Gasteiger partial charge in [-0.3, -0.25) is 14.5 Å². The molecule has 0 radical (unpaired) electrons. The minimum absolute atomic E-state index is 0.139. The molecule has 0 saturated carbocycles. The van der Waals surface area contributed by atoms with Crippen LogP contribution in [0.3, 0.4) is 0 Å². The maximum atomic E-state index is 12.9. The third-order valence-corrected chi connectivity index (χ3v) is 7.86. The number of benzene rings is 1. The summed E-state index contributed by atoms with van der Waals surface area (Å²) in [6, 6.07) is 9.17. The normalized spacial score (nSPS) is 19.2. The van der Waals surface area contributed by atoms with E-state index in [1.54, 1.807) is 36.1 Å². The summed E-state index contributed by atoms with van der Waals surface area (Å²) in [5, 5.41) is 2.83. The maximum absolute atomic E-state index is 12.9. The van der Waals surface area contributed by atoms with Gasteiger partial charge in [0.1, 0.15) is 0 Å². The molecule has 4 rings (SSSR count). The molecule has 1 atom stereocenters. The number of ether oxygens (including phenoxy) is 1. The fourth-order valence-corrected chi connectivity index (χ4v) is 5.41. The fourth-order valence-electron chi connectivity index (χ4n) is 3.95. The second kappa shape index (κ2) is 10.0. The maximum Gasteiger partial charge on any atom is 0.289 e. The largest absolute Gasteiger partial charge is 0.459 e. The molecule has 1 N–H and O–H groups in total. The van der Waals surface area contributed by atoms with Crippen LogP contribution in [0, 0.1) is 0 Å². The van der Waals surface area contributed by atoms with Gasteiger partial charge in [0.25, 0.3) is 5.91 Å². The molecule has 33 heavy (non-hydrogen) atoms. The second-order valence-corrected chi connectivity index (χ2v) is 9.95. The first kappa shape index (κ1) is 23.4. The van der Waals surface area contributed by atoms with Gasteiger partial charge in [0, 0.05) is 45.0 Å². The van der Waals surface area contributed by atoms with Crippen molar-refractivity contribution < 1.29 is 27.2 Å². The Balaban J connectivity index is 1.35. The number of hydrogen-bond acceptors (Lipinski definition) is 7. The predicted octanol–water partition coefficient (Wildman–Crippen LogP) is 1.09. The van der Waals surface area contributed by atoms with Crippen LogP contribution in [0.25, 0.3) is 0 Å². The summed E-state index contributed by atoms with van der Waals surface area (Å²) in [6.45, 7) is 5.23. The first-order valence-corrected chi connectivity index (χ1v) is 12.4. The molecule has 2 amide bonds. The van der Waals surface area contributed by atoms with E-state index in [1.165, 1.54) is 22.7 Å². The number of piperazine rings is 1. The lowest BCUT2D eigenvalue weighted by Crippen LogP contribution is -2.54. The highest BCUT2D eigenvalue weighted by Gasteiger charge is 2.30. The van der Waals surface area contributed by atoms with Crippen molar-refractivity contribution >= 4 is 27.5 Å². The quantitative estimate of drug-likeness (QED) is 0.664. The van der Waals surface area contributed by atoms with E-state index < -0.39 is 16.1 Å². The summed E-state index contributed by atoms with van der Waals surface area (Å²) in [6.07, 6.45) is 1.47. The highest BCUT2D eigenvalue weighted by atomic mass is 32.2. The molecule has 0 bridgehead atoms. The van der Waals surface area contributed by atoms with Crippen LogP contribution in [0.5, 0.6) is 0 Å². The first-order chi connectivity index (χ1) is 15.9. The van der Waals surface area contributed by atoms with Crippen LogP contribution in [0.1, 0.15) is 17.5 Å². The summed E-state index contributed by atoms with van der Waals surface area (Å²) in [5.74, 6) is -0.0852. The SMILES string of the molecule is C[C@@H](C(=O)Nc1cccc(S(=O)(=O)N2CCOCC2)c1)N1CCN(C(=O)c2ccco2)CC1. The fraction of sp³-hybridized carbons (Fsp3) is 0.455. The molecule has 2 aliphatic heterocycles. The number of nitrogens with zero attached hydrogens (tertiary/aromatic N) is 3. The molecule has 3 heterocycles. The number of furan rings is 1. The van der Waals surface area contributed by atoms with Crippen LogP contribution in [0.2, 0.25) is 0 Å². The summed E-state index contributed by atoms with van der Waals surface area (Å²) in [5.41, 5.74) is 0.424. The van der Waals surface area contributed by atoms with Crippen LogP contribution in [0.4, 0.5) is 5.69 Å². The van der Waals surface area contributed by atoms with E-state index >= 15 is 0 Å². The molecule has 178 valence electrons. The number of nitrogens with one attached hydrogen (secondary N) is 1. The van der Waals surface area contributed by atoms with E-state index in [4.69, 9.17) is 9.15 Å². The number of anilines is 1. The van der Waals surface area contributed by atoms with Gasteiger partial charge in [0.05, 0.1) is 30.4 Å². The lowest BCUT2D eigenvalue weighted by atomic mass is 10.2. The highest BCUT2D eigenvalue weighted by molar-refractivity contribution is 7.89. The number of sulfonamides is 1. The van der Waals surface area contributed by atoms with E-state index in [2.05, 4.69) is 5.32 Å². The van der Waals surface area contributed by atoms with E-state index in [1.807, 2.05) is 4.90 Å². The van der Waals surface area contributed by atoms with Crippen LogP contribution < -0.4 is 5.32 Å². The Morgan fingerprint density at radius 2 is 1.73 bits per heavy atom. The third kappa shape index (κ3) is 5.27. The van der Waals surface area contributed by atoms with Gasteiger partial charge in [-0.25, -0.2) is 8.42 Å². The van der Waals surface area contributed by atoms with E-state index in [9.17, 15) is 18.0 Å². The zero-order valence-corrected chi connectivity index (χ0v) is 19.3. The smallest absolute Gasteiger partial charge is 0.289 e. The van der Waals surface area contributed by atoms with Crippen LogP contribution in [-0.4, -0.2) is 92.9 Å². The second-order valence-electron chi connectivity index (χ2n) is 8.01. The number of carbonyl (C=O) groups excluding carboxylic acids is 2. The van der Waals surface area contributed by atoms with E-state index in [0.29, 0.717) is 63.9 Å².